The molecule has 2 amide bonds. The number of fused-ring (bicyclic) bond motifs is 2. The number of amides is 2. The van der Waals surface area contributed by atoms with E-state index in [1.54, 1.807) is 5.38 Å². The lowest BCUT2D eigenvalue weighted by atomic mass is 10.0. The third-order valence-corrected chi connectivity index (χ3v) is 8.81. The SMILES string of the molecule is CO/N=C(\C(=O)N[C@@H]1C(=O)N2C(C(=O)O)=C(CSC3=CC=C4N(C)C=CN4N3)CS[C@@H]12)c1csc(N)n1. The second-order valence-corrected chi connectivity index (χ2v) is 11.1. The van der Waals surface area contributed by atoms with Gasteiger partial charge >= 0.3 is 5.97 Å². The van der Waals surface area contributed by atoms with E-state index in [9.17, 15) is 19.5 Å². The summed E-state index contributed by atoms with van der Waals surface area (Å²) >= 11 is 3.98. The summed E-state index contributed by atoms with van der Waals surface area (Å²) in [5.41, 5.74) is 9.59. The molecule has 0 radical (unpaired) electrons. The first-order chi connectivity index (χ1) is 17.8. The number of aliphatic carboxylic acids is 1. The van der Waals surface area contributed by atoms with Crippen molar-refractivity contribution in [2.24, 2.45) is 5.16 Å². The molecule has 1 aromatic heterocycles. The highest BCUT2D eigenvalue weighted by Gasteiger charge is 2.54. The second kappa shape index (κ2) is 10.0. The first-order valence-electron chi connectivity index (χ1n) is 10.8. The maximum Gasteiger partial charge on any atom is 0.352 e. The predicted octanol–water partition coefficient (Wildman–Crippen LogP) is 0.467. The third-order valence-electron chi connectivity index (χ3n) is 5.76. The minimum absolute atomic E-state index is 0.0433. The normalized spacial score (nSPS) is 22.6. The van der Waals surface area contributed by atoms with Crippen LogP contribution in [-0.4, -0.2) is 85.5 Å². The van der Waals surface area contributed by atoms with E-state index in [0.717, 1.165) is 22.2 Å². The number of nitrogens with two attached hydrogens (primary N) is 1. The van der Waals surface area contributed by atoms with Gasteiger partial charge in [0, 0.05) is 36.3 Å². The molecule has 37 heavy (non-hydrogen) atoms. The van der Waals surface area contributed by atoms with Gasteiger partial charge in [0.05, 0.1) is 5.03 Å². The number of thioether (sulfide) groups is 2. The van der Waals surface area contributed by atoms with Gasteiger partial charge < -0.3 is 25.9 Å². The Bertz CT molecular complexity index is 1320. The van der Waals surface area contributed by atoms with Gasteiger partial charge in [-0.1, -0.05) is 5.16 Å². The number of hydrogen-bond acceptors (Lipinski definition) is 13. The van der Waals surface area contributed by atoms with Gasteiger partial charge in [0.15, 0.2) is 10.8 Å². The number of aromatic nitrogens is 1. The number of hydrazine groups is 1. The Kier molecular flexibility index (Phi) is 6.78. The average molecular weight is 563 g/mol. The van der Waals surface area contributed by atoms with E-state index in [4.69, 9.17) is 10.6 Å². The predicted molar refractivity (Wildman–Crippen MR) is 140 cm³/mol. The number of nitrogens with zero attached hydrogens (tertiary/aromatic N) is 5. The Morgan fingerprint density at radius 3 is 2.92 bits per heavy atom. The summed E-state index contributed by atoms with van der Waals surface area (Å²) in [6.07, 6.45) is 7.70. The Balaban J connectivity index is 1.27. The molecule has 1 saturated heterocycles. The zero-order valence-electron chi connectivity index (χ0n) is 19.6. The van der Waals surface area contributed by atoms with Gasteiger partial charge in [0.25, 0.3) is 11.8 Å². The van der Waals surface area contributed by atoms with Crippen molar-refractivity contribution in [2.45, 2.75) is 11.4 Å². The van der Waals surface area contributed by atoms with E-state index < -0.39 is 29.2 Å². The maximum absolute atomic E-state index is 13.0. The minimum Gasteiger partial charge on any atom is -0.477 e. The monoisotopic (exact) mass is 562 g/mol. The number of rotatable bonds is 8. The highest BCUT2D eigenvalue weighted by Crippen LogP contribution is 2.41. The number of carboxylic acid groups (broad SMARTS) is 1. The number of β-lactam (4-membered cyclic amide) rings is 1. The van der Waals surface area contributed by atoms with E-state index in [1.807, 2.05) is 41.5 Å². The molecule has 0 aromatic carbocycles. The number of thiazole rings is 1. The van der Waals surface area contributed by atoms with Crippen LogP contribution in [0.15, 0.2) is 57.2 Å². The van der Waals surface area contributed by atoms with Gasteiger partial charge in [-0.2, -0.15) is 0 Å². The molecule has 1 fully saturated rings. The van der Waals surface area contributed by atoms with Crippen molar-refractivity contribution in [1.29, 1.82) is 0 Å². The Hall–Kier alpha value is -3.63. The first-order valence-corrected chi connectivity index (χ1v) is 13.7. The number of allylic oxidation sites excluding steroid dienone is 2. The topological polar surface area (TPSA) is 166 Å². The summed E-state index contributed by atoms with van der Waals surface area (Å²) in [5.74, 6) is -0.603. The highest BCUT2D eigenvalue weighted by molar-refractivity contribution is 8.03. The molecule has 5 N–H and O–H groups in total. The lowest BCUT2D eigenvalue weighted by Crippen LogP contribution is -2.71. The number of nitrogens with one attached hydrogen (secondary N) is 2. The van der Waals surface area contributed by atoms with E-state index in [0.29, 0.717) is 17.1 Å². The molecular formula is C21H22N8O5S3. The molecule has 0 spiro atoms. The molecule has 0 saturated carbocycles. The molecule has 0 aliphatic carbocycles. The van der Waals surface area contributed by atoms with Crippen LogP contribution in [0.4, 0.5) is 5.13 Å². The van der Waals surface area contributed by atoms with Gasteiger partial charge in [0.1, 0.15) is 35.7 Å². The minimum atomic E-state index is -1.18. The number of oxime groups is 1. The third kappa shape index (κ3) is 4.62. The molecule has 13 nitrogen and oxygen atoms in total. The fourth-order valence-corrected chi connectivity index (χ4v) is 6.95. The number of carbonyl (C=O) groups excluding carboxylic acids is 2. The fourth-order valence-electron chi connectivity index (χ4n) is 4.03. The van der Waals surface area contributed by atoms with E-state index in [2.05, 4.69) is 20.9 Å². The summed E-state index contributed by atoms with van der Waals surface area (Å²) in [6.45, 7) is 0. The van der Waals surface area contributed by atoms with Gasteiger partial charge in [-0.25, -0.2) is 14.8 Å². The number of carbonyl (C=O) groups is 3. The molecular weight excluding hydrogens is 540 g/mol. The zero-order valence-corrected chi connectivity index (χ0v) is 22.0. The quantitative estimate of drug-likeness (QED) is 0.197. The highest BCUT2D eigenvalue weighted by atomic mass is 32.2. The van der Waals surface area contributed by atoms with Crippen LogP contribution in [0.25, 0.3) is 0 Å². The van der Waals surface area contributed by atoms with Crippen LogP contribution in [0.3, 0.4) is 0 Å². The van der Waals surface area contributed by atoms with E-state index >= 15 is 0 Å². The lowest BCUT2D eigenvalue weighted by Gasteiger charge is -2.49. The molecule has 5 rings (SSSR count). The van der Waals surface area contributed by atoms with Crippen molar-refractivity contribution in [3.05, 3.63) is 57.7 Å². The standard InChI is InChI=1S/C21H22N8O5S3/c1-27-5-6-28-13(27)4-3-12(25-28)35-7-10-8-36-19-15(18(31)29(19)16(10)20(32)33)24-17(30)14(26-34-2)11-9-37-21(22)23-11/h3-6,9,15,19,25H,7-8H2,1-2H3,(H2,22,23)(H,24,30)(H,32,33)/b26-14-/t15-,19+/m1/s1. The largest absolute Gasteiger partial charge is 0.477 e. The molecule has 4 aliphatic heterocycles. The Labute approximate surface area is 223 Å². The second-order valence-electron chi connectivity index (χ2n) is 8.05. The lowest BCUT2D eigenvalue weighted by molar-refractivity contribution is -0.150. The number of anilines is 1. The summed E-state index contributed by atoms with van der Waals surface area (Å²) in [6, 6.07) is -0.913. The zero-order chi connectivity index (χ0) is 26.3. The van der Waals surface area contributed by atoms with Crippen LogP contribution in [0.2, 0.25) is 0 Å². The van der Waals surface area contributed by atoms with Crippen LogP contribution >= 0.6 is 34.9 Å². The molecule has 0 unspecified atom stereocenters. The summed E-state index contributed by atoms with van der Waals surface area (Å²) in [5, 5.41) is 20.3. The molecule has 2 atom stereocenters. The van der Waals surface area contributed by atoms with Crippen molar-refractivity contribution in [2.75, 3.05) is 31.4 Å². The maximum atomic E-state index is 13.0. The van der Waals surface area contributed by atoms with E-state index in [1.165, 1.54) is 35.5 Å². The Morgan fingerprint density at radius 1 is 1.41 bits per heavy atom. The van der Waals surface area contributed by atoms with Crippen molar-refractivity contribution < 1.29 is 24.3 Å². The van der Waals surface area contributed by atoms with Crippen LogP contribution < -0.4 is 16.5 Å². The van der Waals surface area contributed by atoms with Gasteiger partial charge in [-0.05, 0) is 17.7 Å². The van der Waals surface area contributed by atoms with Crippen LogP contribution in [0.1, 0.15) is 5.69 Å². The molecule has 194 valence electrons. The molecule has 1 aromatic rings. The van der Waals surface area contributed by atoms with E-state index in [-0.39, 0.29) is 22.2 Å². The summed E-state index contributed by atoms with van der Waals surface area (Å²) in [4.78, 5) is 50.1. The van der Waals surface area contributed by atoms with Crippen LogP contribution in [-0.2, 0) is 19.2 Å². The van der Waals surface area contributed by atoms with Crippen molar-refractivity contribution in [3.8, 4) is 0 Å². The fraction of sp³-hybridized carbons (Fsp3) is 0.286. The number of nitrogen functional groups attached to an aromatic ring is 1. The average Bonchev–Trinajstić information content (AvgIpc) is 3.48. The molecule has 5 heterocycles. The molecule has 0 bridgehead atoms. The summed E-state index contributed by atoms with van der Waals surface area (Å²) in [7, 11) is 3.23. The van der Waals surface area contributed by atoms with Gasteiger partial charge in [0.2, 0.25) is 0 Å². The van der Waals surface area contributed by atoms with Crippen LogP contribution in [0.5, 0.6) is 0 Å². The van der Waals surface area contributed by atoms with Crippen molar-refractivity contribution in [1.82, 2.24) is 30.5 Å². The molecule has 16 heteroatoms. The number of carboxylic acids is 1. The van der Waals surface area contributed by atoms with Crippen LogP contribution in [0, 0.1) is 0 Å². The molecule has 4 aliphatic rings. The number of hydrogen-bond donors (Lipinski definition) is 4. The Morgan fingerprint density at radius 2 is 2.22 bits per heavy atom. The van der Waals surface area contributed by atoms with Gasteiger partial charge in [-0.15, -0.1) is 34.9 Å². The van der Waals surface area contributed by atoms with Crippen molar-refractivity contribution in [3.63, 3.8) is 0 Å². The first kappa shape index (κ1) is 25.0. The van der Waals surface area contributed by atoms with Gasteiger partial charge in [-0.3, -0.25) is 19.9 Å². The van der Waals surface area contributed by atoms with Crippen molar-refractivity contribution >= 4 is 63.5 Å². The smallest absolute Gasteiger partial charge is 0.352 e. The summed E-state index contributed by atoms with van der Waals surface area (Å²) < 4.78 is 0.